The molecule has 1 aliphatic heterocycles. The third-order valence-corrected chi connectivity index (χ3v) is 5.15. The van der Waals surface area contributed by atoms with Gasteiger partial charge in [-0.2, -0.15) is 0 Å². The van der Waals surface area contributed by atoms with Crippen molar-refractivity contribution in [1.82, 2.24) is 5.32 Å². The summed E-state index contributed by atoms with van der Waals surface area (Å²) >= 11 is 0. The second kappa shape index (κ2) is 6.39. The van der Waals surface area contributed by atoms with Crippen LogP contribution in [0.4, 0.5) is 0 Å². The summed E-state index contributed by atoms with van der Waals surface area (Å²) in [6.07, 6.45) is 3.85. The minimum atomic E-state index is -0.464. The average molecular weight is 302 g/mol. The van der Waals surface area contributed by atoms with E-state index < -0.39 is 5.41 Å². The van der Waals surface area contributed by atoms with Gasteiger partial charge >= 0.3 is 0 Å². The van der Waals surface area contributed by atoms with Gasteiger partial charge in [0.1, 0.15) is 0 Å². The van der Waals surface area contributed by atoms with Crippen molar-refractivity contribution in [2.45, 2.75) is 44.1 Å². The number of hydrogen-bond donors (Lipinski definition) is 2. The highest BCUT2D eigenvalue weighted by Gasteiger charge is 2.43. The van der Waals surface area contributed by atoms with Crippen molar-refractivity contribution in [1.29, 1.82) is 0 Å². The first-order valence-corrected chi connectivity index (χ1v) is 8.31. The van der Waals surface area contributed by atoms with E-state index >= 15 is 0 Å². The molecular weight excluding hydrogens is 276 g/mol. The molecule has 1 aliphatic carbocycles. The number of rotatable bonds is 5. The summed E-state index contributed by atoms with van der Waals surface area (Å²) < 4.78 is 5.51. The van der Waals surface area contributed by atoms with Crippen LogP contribution in [-0.4, -0.2) is 31.7 Å². The molecule has 0 bridgehead atoms. The summed E-state index contributed by atoms with van der Waals surface area (Å²) in [5.41, 5.74) is 7.70. The summed E-state index contributed by atoms with van der Waals surface area (Å²) in [4.78, 5) is 13.1. The van der Waals surface area contributed by atoms with Crippen molar-refractivity contribution in [3.05, 3.63) is 35.4 Å². The van der Waals surface area contributed by atoms with E-state index in [0.29, 0.717) is 25.7 Å². The molecule has 2 fully saturated rings. The fourth-order valence-electron chi connectivity index (χ4n) is 3.41. The molecule has 0 radical (unpaired) electrons. The lowest BCUT2D eigenvalue weighted by molar-refractivity contribution is -0.131. The van der Waals surface area contributed by atoms with Gasteiger partial charge in [0, 0.05) is 25.8 Å². The second-order valence-corrected chi connectivity index (χ2v) is 6.71. The van der Waals surface area contributed by atoms with Crippen molar-refractivity contribution in [2.24, 2.45) is 11.7 Å². The Labute approximate surface area is 132 Å². The zero-order chi connectivity index (χ0) is 15.6. The van der Waals surface area contributed by atoms with Crippen LogP contribution < -0.4 is 11.1 Å². The van der Waals surface area contributed by atoms with Gasteiger partial charge in [0.25, 0.3) is 0 Å². The molecule has 2 aliphatic rings. The fraction of sp³-hybridized carbons (Fsp3) is 0.611. The molecule has 22 heavy (non-hydrogen) atoms. The average Bonchev–Trinajstić information content (AvgIpc) is 3.38. The van der Waals surface area contributed by atoms with E-state index in [1.807, 2.05) is 0 Å². The van der Waals surface area contributed by atoms with Crippen molar-refractivity contribution in [3.63, 3.8) is 0 Å². The van der Waals surface area contributed by atoms with Crippen molar-refractivity contribution < 1.29 is 9.53 Å². The van der Waals surface area contributed by atoms with Crippen LogP contribution in [0.1, 0.15) is 36.8 Å². The highest BCUT2D eigenvalue weighted by atomic mass is 16.5. The van der Waals surface area contributed by atoms with Crippen LogP contribution in [-0.2, 0) is 14.9 Å². The molecule has 1 heterocycles. The smallest absolute Gasteiger partial charge is 0.231 e. The topological polar surface area (TPSA) is 64.4 Å². The monoisotopic (exact) mass is 302 g/mol. The van der Waals surface area contributed by atoms with Crippen LogP contribution in [0, 0.1) is 12.8 Å². The standard InChI is InChI=1S/C18H26N2O2/c1-13-2-6-15(7-3-13)18(8-10-22-11-9-18)17(21)20-16(12-19)14-4-5-14/h2-3,6-7,14,16H,4-5,8-12,19H2,1H3,(H,20,21). The SMILES string of the molecule is Cc1ccc(C2(C(=O)NC(CN)C3CC3)CCOCC2)cc1. The number of nitrogens with two attached hydrogens (primary N) is 1. The van der Waals surface area contributed by atoms with Gasteiger partial charge in [0.2, 0.25) is 5.91 Å². The Morgan fingerprint density at radius 2 is 1.95 bits per heavy atom. The van der Waals surface area contributed by atoms with Gasteiger partial charge in [-0.1, -0.05) is 29.8 Å². The molecule has 0 aromatic heterocycles. The minimum Gasteiger partial charge on any atom is -0.381 e. The molecular formula is C18H26N2O2. The minimum absolute atomic E-state index is 0.123. The van der Waals surface area contributed by atoms with Gasteiger partial charge in [-0.25, -0.2) is 0 Å². The van der Waals surface area contributed by atoms with E-state index in [-0.39, 0.29) is 11.9 Å². The second-order valence-electron chi connectivity index (χ2n) is 6.71. The van der Waals surface area contributed by atoms with E-state index in [4.69, 9.17) is 10.5 Å². The number of nitrogens with one attached hydrogen (secondary N) is 1. The predicted octanol–water partition coefficient (Wildman–Crippen LogP) is 1.90. The number of ether oxygens (including phenoxy) is 1. The lowest BCUT2D eigenvalue weighted by atomic mass is 9.73. The zero-order valence-corrected chi connectivity index (χ0v) is 13.3. The van der Waals surface area contributed by atoms with Crippen LogP contribution in [0.15, 0.2) is 24.3 Å². The molecule has 1 unspecified atom stereocenters. The number of aryl methyl sites for hydroxylation is 1. The zero-order valence-electron chi connectivity index (χ0n) is 13.3. The number of benzene rings is 1. The lowest BCUT2D eigenvalue weighted by Gasteiger charge is -2.37. The molecule has 1 saturated heterocycles. The quantitative estimate of drug-likeness (QED) is 0.873. The van der Waals surface area contributed by atoms with Crippen LogP contribution in [0.5, 0.6) is 0 Å². The molecule has 3 rings (SSSR count). The fourth-order valence-corrected chi connectivity index (χ4v) is 3.41. The van der Waals surface area contributed by atoms with Crippen molar-refractivity contribution in [3.8, 4) is 0 Å². The maximum atomic E-state index is 13.1. The summed E-state index contributed by atoms with van der Waals surface area (Å²) in [5, 5.41) is 3.23. The lowest BCUT2D eigenvalue weighted by Crippen LogP contribution is -2.53. The van der Waals surface area contributed by atoms with Crippen LogP contribution in [0.3, 0.4) is 0 Å². The number of amides is 1. The highest BCUT2D eigenvalue weighted by molar-refractivity contribution is 5.88. The van der Waals surface area contributed by atoms with E-state index in [9.17, 15) is 4.79 Å². The van der Waals surface area contributed by atoms with Crippen molar-refractivity contribution in [2.75, 3.05) is 19.8 Å². The van der Waals surface area contributed by atoms with E-state index in [1.54, 1.807) is 0 Å². The Morgan fingerprint density at radius 1 is 1.32 bits per heavy atom. The van der Waals surface area contributed by atoms with Crippen molar-refractivity contribution >= 4 is 5.91 Å². The molecule has 1 aromatic rings. The summed E-state index contributed by atoms with van der Waals surface area (Å²) in [6.45, 7) is 3.87. The molecule has 4 heteroatoms. The van der Waals surface area contributed by atoms with Crippen LogP contribution >= 0.6 is 0 Å². The maximum Gasteiger partial charge on any atom is 0.231 e. The molecule has 4 nitrogen and oxygen atoms in total. The van der Waals surface area contributed by atoms with Gasteiger partial charge in [-0.15, -0.1) is 0 Å². The Balaban J connectivity index is 1.84. The first-order chi connectivity index (χ1) is 10.7. The van der Waals surface area contributed by atoms with E-state index in [2.05, 4.69) is 36.5 Å². The summed E-state index contributed by atoms with van der Waals surface area (Å²) in [6, 6.07) is 8.48. The first-order valence-electron chi connectivity index (χ1n) is 8.31. The first kappa shape index (κ1) is 15.5. The van der Waals surface area contributed by atoms with Crippen LogP contribution in [0.2, 0.25) is 0 Å². The molecule has 1 atom stereocenters. The predicted molar refractivity (Wildman–Crippen MR) is 86.6 cm³/mol. The summed E-state index contributed by atoms with van der Waals surface area (Å²) in [5.74, 6) is 0.700. The van der Waals surface area contributed by atoms with Gasteiger partial charge in [0.05, 0.1) is 5.41 Å². The number of hydrogen-bond acceptors (Lipinski definition) is 3. The molecule has 1 amide bonds. The Bertz CT molecular complexity index is 516. The Morgan fingerprint density at radius 3 is 2.50 bits per heavy atom. The molecule has 120 valence electrons. The third kappa shape index (κ3) is 3.03. The van der Waals surface area contributed by atoms with Gasteiger partial charge < -0.3 is 15.8 Å². The largest absolute Gasteiger partial charge is 0.381 e. The van der Waals surface area contributed by atoms with Gasteiger partial charge in [-0.3, -0.25) is 4.79 Å². The Kier molecular flexibility index (Phi) is 4.50. The number of carbonyl (C=O) groups excluding carboxylic acids is 1. The molecule has 0 spiro atoms. The number of carbonyl (C=O) groups is 1. The Hall–Kier alpha value is -1.39. The maximum absolute atomic E-state index is 13.1. The summed E-state index contributed by atoms with van der Waals surface area (Å²) in [7, 11) is 0. The van der Waals surface area contributed by atoms with E-state index in [1.165, 1.54) is 18.4 Å². The molecule has 1 aromatic carbocycles. The normalized spacial score (nSPS) is 22.1. The van der Waals surface area contributed by atoms with Crippen LogP contribution in [0.25, 0.3) is 0 Å². The third-order valence-electron chi connectivity index (χ3n) is 5.15. The molecule has 1 saturated carbocycles. The highest BCUT2D eigenvalue weighted by Crippen LogP contribution is 2.37. The van der Waals surface area contributed by atoms with Gasteiger partial charge in [-0.05, 0) is 44.1 Å². The molecule has 3 N–H and O–H groups in total. The van der Waals surface area contributed by atoms with Gasteiger partial charge in [0.15, 0.2) is 0 Å². The van der Waals surface area contributed by atoms with E-state index in [0.717, 1.165) is 18.4 Å².